The fourth-order valence-corrected chi connectivity index (χ4v) is 2.64. The number of hydrogen-bond donors (Lipinski definition) is 3. The quantitative estimate of drug-likeness (QED) is 0.400. The zero-order valence-electron chi connectivity index (χ0n) is 16.1. The van der Waals surface area contributed by atoms with Gasteiger partial charge in [-0.1, -0.05) is 18.2 Å². The number of hydrazone groups is 1. The number of aromatic hydroxyl groups is 1. The molecule has 0 unspecified atom stereocenters. The third-order valence-electron chi connectivity index (χ3n) is 4.12. The first-order valence-corrected chi connectivity index (χ1v) is 8.88. The zero-order valence-corrected chi connectivity index (χ0v) is 16.1. The molecule has 0 bridgehead atoms. The van der Waals surface area contributed by atoms with Gasteiger partial charge in [-0.15, -0.1) is 0 Å². The van der Waals surface area contributed by atoms with Crippen molar-refractivity contribution in [1.82, 2.24) is 10.4 Å². The summed E-state index contributed by atoms with van der Waals surface area (Å²) < 4.78 is 43.6. The number of phenols is 1. The smallest absolute Gasteiger partial charge is 0.433 e. The van der Waals surface area contributed by atoms with Crippen molar-refractivity contribution in [2.75, 3.05) is 12.4 Å². The van der Waals surface area contributed by atoms with Gasteiger partial charge in [-0.05, 0) is 36.4 Å². The van der Waals surface area contributed by atoms with Crippen LogP contribution >= 0.6 is 0 Å². The van der Waals surface area contributed by atoms with Crippen molar-refractivity contribution in [1.29, 1.82) is 0 Å². The minimum atomic E-state index is -4.59. The molecule has 3 rings (SSSR count). The molecule has 0 aliphatic carbocycles. The van der Waals surface area contributed by atoms with E-state index in [-0.39, 0.29) is 28.4 Å². The van der Waals surface area contributed by atoms with Crippen molar-refractivity contribution < 1.29 is 27.8 Å². The van der Waals surface area contributed by atoms with Crippen LogP contribution in [0.15, 0.2) is 65.9 Å². The number of ether oxygens (including phenoxy) is 1. The van der Waals surface area contributed by atoms with Crippen molar-refractivity contribution in [3.63, 3.8) is 0 Å². The number of aromatic nitrogens is 1. The van der Waals surface area contributed by atoms with Crippen LogP contribution < -0.4 is 15.5 Å². The lowest BCUT2D eigenvalue weighted by Gasteiger charge is -2.12. The summed E-state index contributed by atoms with van der Waals surface area (Å²) in [6.45, 7) is 0. The molecule has 0 aliphatic heterocycles. The monoisotopic (exact) mass is 430 g/mol. The van der Waals surface area contributed by atoms with E-state index in [9.17, 15) is 23.1 Å². The number of halogens is 3. The van der Waals surface area contributed by atoms with E-state index in [2.05, 4.69) is 20.8 Å². The Hall–Kier alpha value is -4.08. The van der Waals surface area contributed by atoms with Gasteiger partial charge in [0, 0.05) is 17.4 Å². The van der Waals surface area contributed by atoms with Gasteiger partial charge in [0.05, 0.1) is 24.6 Å². The average Bonchev–Trinajstić information content (AvgIpc) is 2.75. The summed E-state index contributed by atoms with van der Waals surface area (Å²) in [5.74, 6) is -0.490. The molecule has 0 atom stereocenters. The minimum absolute atomic E-state index is 0.118. The van der Waals surface area contributed by atoms with Gasteiger partial charge in [-0.25, -0.2) is 5.43 Å². The van der Waals surface area contributed by atoms with E-state index in [0.29, 0.717) is 5.56 Å². The lowest BCUT2D eigenvalue weighted by Crippen LogP contribution is -2.19. The van der Waals surface area contributed by atoms with Crippen LogP contribution in [0.3, 0.4) is 0 Å². The first-order chi connectivity index (χ1) is 14.8. The highest BCUT2D eigenvalue weighted by Crippen LogP contribution is 2.30. The Balaban J connectivity index is 1.77. The summed E-state index contributed by atoms with van der Waals surface area (Å²) in [6, 6.07) is 13.2. The SMILES string of the molecule is COc1cccc(/C=N/NC(=O)c2ccccc2Nc2ccnc(C(F)(F)F)c2)c1O. The largest absolute Gasteiger partial charge is 0.504 e. The van der Waals surface area contributed by atoms with Crippen LogP contribution in [-0.2, 0) is 6.18 Å². The van der Waals surface area contributed by atoms with Crippen molar-refractivity contribution in [2.24, 2.45) is 5.10 Å². The highest BCUT2D eigenvalue weighted by molar-refractivity contribution is 6.00. The van der Waals surface area contributed by atoms with Gasteiger partial charge in [-0.2, -0.15) is 18.3 Å². The number of phenolic OH excluding ortho intramolecular Hbond substituents is 1. The van der Waals surface area contributed by atoms with Gasteiger partial charge >= 0.3 is 6.18 Å². The first-order valence-electron chi connectivity index (χ1n) is 8.88. The number of carbonyl (C=O) groups excluding carboxylic acids is 1. The molecular weight excluding hydrogens is 413 g/mol. The normalized spacial score (nSPS) is 11.4. The maximum Gasteiger partial charge on any atom is 0.433 e. The number of nitrogens with zero attached hydrogens (tertiary/aromatic N) is 2. The van der Waals surface area contributed by atoms with Gasteiger partial charge in [0.25, 0.3) is 5.91 Å². The molecule has 0 radical (unpaired) electrons. The van der Waals surface area contributed by atoms with Gasteiger partial charge in [0.1, 0.15) is 5.69 Å². The van der Waals surface area contributed by atoms with E-state index in [0.717, 1.165) is 12.3 Å². The lowest BCUT2D eigenvalue weighted by molar-refractivity contribution is -0.141. The number of nitrogens with one attached hydrogen (secondary N) is 2. The minimum Gasteiger partial charge on any atom is -0.504 e. The Bertz CT molecular complexity index is 1120. The molecule has 3 aromatic rings. The molecule has 7 nitrogen and oxygen atoms in total. The second kappa shape index (κ2) is 9.16. The molecule has 160 valence electrons. The number of para-hydroxylation sites is 2. The van der Waals surface area contributed by atoms with E-state index in [1.165, 1.54) is 25.5 Å². The molecule has 3 N–H and O–H groups in total. The second-order valence-corrected chi connectivity index (χ2v) is 6.20. The number of benzene rings is 2. The summed E-state index contributed by atoms with van der Waals surface area (Å²) in [6.07, 6.45) is -2.32. The Morgan fingerprint density at radius 1 is 1.16 bits per heavy atom. The summed E-state index contributed by atoms with van der Waals surface area (Å²) >= 11 is 0. The molecule has 10 heteroatoms. The molecule has 0 saturated heterocycles. The van der Waals surface area contributed by atoms with Crippen LogP contribution in [0.2, 0.25) is 0 Å². The van der Waals surface area contributed by atoms with Crippen molar-refractivity contribution in [3.05, 3.63) is 77.6 Å². The fourth-order valence-electron chi connectivity index (χ4n) is 2.64. The van der Waals surface area contributed by atoms with E-state index in [4.69, 9.17) is 4.74 Å². The molecular formula is C21H17F3N4O3. The van der Waals surface area contributed by atoms with Crippen LogP contribution in [0.1, 0.15) is 21.6 Å². The molecule has 0 fully saturated rings. The zero-order chi connectivity index (χ0) is 22.4. The number of carbonyl (C=O) groups is 1. The fraction of sp³-hybridized carbons (Fsp3) is 0.0952. The Morgan fingerprint density at radius 3 is 2.68 bits per heavy atom. The van der Waals surface area contributed by atoms with E-state index in [1.807, 2.05) is 0 Å². The summed E-state index contributed by atoms with van der Waals surface area (Å²) in [4.78, 5) is 15.8. The number of hydrogen-bond acceptors (Lipinski definition) is 6. The highest BCUT2D eigenvalue weighted by Gasteiger charge is 2.32. The lowest BCUT2D eigenvalue weighted by atomic mass is 10.1. The van der Waals surface area contributed by atoms with Gasteiger partial charge in [0.15, 0.2) is 11.5 Å². The van der Waals surface area contributed by atoms with E-state index < -0.39 is 17.8 Å². The standard InChI is InChI=1S/C21H17F3N4O3/c1-31-17-8-4-5-13(19(17)29)12-26-28-20(30)15-6-2-3-7-16(15)27-14-9-10-25-18(11-14)21(22,23)24/h2-12,29H,1H3,(H,25,27)(H,28,30)/b26-12+. The number of alkyl halides is 3. The predicted octanol–water partition coefficient (Wildman–Crippen LogP) is 4.32. The Kier molecular flexibility index (Phi) is 6.39. The van der Waals surface area contributed by atoms with Crippen LogP contribution in [0.25, 0.3) is 0 Å². The molecule has 0 aliphatic rings. The highest BCUT2D eigenvalue weighted by atomic mass is 19.4. The van der Waals surface area contributed by atoms with Crippen LogP contribution in [-0.4, -0.2) is 29.3 Å². The Morgan fingerprint density at radius 2 is 1.94 bits per heavy atom. The molecule has 1 amide bonds. The molecule has 2 aromatic carbocycles. The number of amides is 1. The predicted molar refractivity (Wildman–Crippen MR) is 109 cm³/mol. The van der Waals surface area contributed by atoms with E-state index in [1.54, 1.807) is 36.4 Å². The molecule has 0 spiro atoms. The maximum absolute atomic E-state index is 12.9. The molecule has 1 heterocycles. The van der Waals surface area contributed by atoms with Crippen molar-refractivity contribution in [2.45, 2.75) is 6.18 Å². The molecule has 31 heavy (non-hydrogen) atoms. The van der Waals surface area contributed by atoms with Gasteiger partial charge in [-0.3, -0.25) is 9.78 Å². The second-order valence-electron chi connectivity index (χ2n) is 6.20. The van der Waals surface area contributed by atoms with Crippen LogP contribution in [0.4, 0.5) is 24.5 Å². The van der Waals surface area contributed by atoms with Gasteiger partial charge < -0.3 is 15.2 Å². The summed E-state index contributed by atoms with van der Waals surface area (Å²) in [7, 11) is 1.40. The summed E-state index contributed by atoms with van der Waals surface area (Å²) in [5.41, 5.74) is 2.14. The Labute approximate surface area is 175 Å². The maximum atomic E-state index is 12.9. The average molecular weight is 430 g/mol. The van der Waals surface area contributed by atoms with Crippen molar-refractivity contribution in [3.8, 4) is 11.5 Å². The number of anilines is 2. The van der Waals surface area contributed by atoms with Crippen molar-refractivity contribution >= 4 is 23.5 Å². The van der Waals surface area contributed by atoms with Crippen LogP contribution in [0, 0.1) is 0 Å². The van der Waals surface area contributed by atoms with Crippen LogP contribution in [0.5, 0.6) is 11.5 Å². The third-order valence-corrected chi connectivity index (χ3v) is 4.12. The first kappa shape index (κ1) is 21.6. The summed E-state index contributed by atoms with van der Waals surface area (Å²) in [5, 5.41) is 16.6. The number of rotatable bonds is 6. The topological polar surface area (TPSA) is 95.8 Å². The number of methoxy groups -OCH3 is 1. The van der Waals surface area contributed by atoms with E-state index >= 15 is 0 Å². The third kappa shape index (κ3) is 5.30. The molecule has 1 aromatic heterocycles. The molecule has 0 saturated carbocycles. The number of pyridine rings is 1. The van der Waals surface area contributed by atoms with Gasteiger partial charge in [0.2, 0.25) is 0 Å².